The van der Waals surface area contributed by atoms with Gasteiger partial charge in [0, 0.05) is 12.3 Å². The average molecular weight is 184 g/mol. The van der Waals surface area contributed by atoms with Crippen molar-refractivity contribution in [3.63, 3.8) is 0 Å². The lowest BCUT2D eigenvalue weighted by molar-refractivity contribution is -0.221. The van der Waals surface area contributed by atoms with E-state index < -0.39 is 0 Å². The molecule has 1 saturated carbocycles. The number of hydrogen-bond donors (Lipinski definition) is 0. The van der Waals surface area contributed by atoms with Gasteiger partial charge in [0.05, 0.1) is 13.2 Å². The Kier molecular flexibility index (Phi) is 2.61. The maximum absolute atomic E-state index is 5.83. The quantitative estimate of drug-likeness (QED) is 0.623. The topological polar surface area (TPSA) is 18.5 Å². The van der Waals surface area contributed by atoms with Gasteiger partial charge in [-0.3, -0.25) is 0 Å². The fourth-order valence-corrected chi connectivity index (χ4v) is 2.81. The SMILES string of the molecule is CC(C)C1CCCCC12OCCO2. The van der Waals surface area contributed by atoms with Gasteiger partial charge in [-0.05, 0) is 18.8 Å². The lowest BCUT2D eigenvalue weighted by Crippen LogP contribution is -2.44. The molecule has 1 aliphatic heterocycles. The summed E-state index contributed by atoms with van der Waals surface area (Å²) in [5.74, 6) is 1.11. The molecule has 1 spiro atoms. The molecule has 2 rings (SSSR count). The van der Waals surface area contributed by atoms with Gasteiger partial charge in [0.25, 0.3) is 0 Å². The van der Waals surface area contributed by atoms with Crippen LogP contribution in [-0.4, -0.2) is 19.0 Å². The molecule has 2 fully saturated rings. The second kappa shape index (κ2) is 3.58. The average Bonchev–Trinajstić information content (AvgIpc) is 2.54. The zero-order valence-corrected chi connectivity index (χ0v) is 8.71. The van der Waals surface area contributed by atoms with Crippen LogP contribution in [0.3, 0.4) is 0 Å². The minimum Gasteiger partial charge on any atom is -0.347 e. The van der Waals surface area contributed by atoms with Crippen LogP contribution in [0.4, 0.5) is 0 Å². The Labute approximate surface area is 80.6 Å². The van der Waals surface area contributed by atoms with Crippen LogP contribution in [0.25, 0.3) is 0 Å². The summed E-state index contributed by atoms with van der Waals surface area (Å²) in [6.45, 7) is 6.15. The zero-order chi connectivity index (χ0) is 9.31. The summed E-state index contributed by atoms with van der Waals surface area (Å²) in [5.41, 5.74) is 0. The van der Waals surface area contributed by atoms with Gasteiger partial charge < -0.3 is 9.47 Å². The summed E-state index contributed by atoms with van der Waals surface area (Å²) in [4.78, 5) is 0. The van der Waals surface area contributed by atoms with Crippen LogP contribution in [0.2, 0.25) is 0 Å². The highest BCUT2D eigenvalue weighted by Gasteiger charge is 2.46. The molecule has 0 radical (unpaired) electrons. The zero-order valence-electron chi connectivity index (χ0n) is 8.71. The van der Waals surface area contributed by atoms with Crippen molar-refractivity contribution in [1.82, 2.24) is 0 Å². The Morgan fingerprint density at radius 3 is 2.46 bits per heavy atom. The van der Waals surface area contributed by atoms with E-state index in [1.54, 1.807) is 0 Å². The molecule has 76 valence electrons. The van der Waals surface area contributed by atoms with E-state index in [-0.39, 0.29) is 5.79 Å². The van der Waals surface area contributed by atoms with Crippen molar-refractivity contribution in [2.75, 3.05) is 13.2 Å². The van der Waals surface area contributed by atoms with E-state index in [0.29, 0.717) is 11.8 Å². The van der Waals surface area contributed by atoms with E-state index in [9.17, 15) is 0 Å². The summed E-state index contributed by atoms with van der Waals surface area (Å²) in [6.07, 6.45) is 4.99. The normalized spacial score (nSPS) is 33.0. The smallest absolute Gasteiger partial charge is 0.171 e. The Hall–Kier alpha value is -0.0800. The van der Waals surface area contributed by atoms with Crippen molar-refractivity contribution >= 4 is 0 Å². The molecule has 1 aliphatic carbocycles. The largest absolute Gasteiger partial charge is 0.347 e. The first-order valence-corrected chi connectivity index (χ1v) is 5.52. The van der Waals surface area contributed by atoms with Crippen LogP contribution >= 0.6 is 0 Å². The third-order valence-electron chi connectivity index (χ3n) is 3.44. The number of hydrogen-bond acceptors (Lipinski definition) is 2. The van der Waals surface area contributed by atoms with Gasteiger partial charge in [-0.15, -0.1) is 0 Å². The molecule has 1 heterocycles. The first kappa shape index (κ1) is 9.47. The van der Waals surface area contributed by atoms with E-state index in [1.807, 2.05) is 0 Å². The van der Waals surface area contributed by atoms with Gasteiger partial charge in [0.1, 0.15) is 0 Å². The highest BCUT2D eigenvalue weighted by Crippen LogP contribution is 2.43. The van der Waals surface area contributed by atoms with Crippen LogP contribution in [0.5, 0.6) is 0 Å². The minimum atomic E-state index is -0.188. The maximum atomic E-state index is 5.83. The Balaban J connectivity index is 2.12. The predicted octanol–water partition coefficient (Wildman–Crippen LogP) is 2.58. The monoisotopic (exact) mass is 184 g/mol. The van der Waals surface area contributed by atoms with Gasteiger partial charge in [-0.2, -0.15) is 0 Å². The van der Waals surface area contributed by atoms with E-state index in [2.05, 4.69) is 13.8 Å². The van der Waals surface area contributed by atoms with Crippen molar-refractivity contribution in [2.24, 2.45) is 11.8 Å². The maximum Gasteiger partial charge on any atom is 0.171 e. The molecule has 1 unspecified atom stereocenters. The molecule has 1 atom stereocenters. The third-order valence-corrected chi connectivity index (χ3v) is 3.44. The van der Waals surface area contributed by atoms with Crippen LogP contribution in [-0.2, 0) is 9.47 Å². The Morgan fingerprint density at radius 1 is 1.15 bits per heavy atom. The minimum absolute atomic E-state index is 0.188. The van der Waals surface area contributed by atoms with Crippen molar-refractivity contribution in [2.45, 2.75) is 45.3 Å². The van der Waals surface area contributed by atoms with E-state index in [0.717, 1.165) is 19.6 Å². The number of ether oxygens (including phenoxy) is 2. The van der Waals surface area contributed by atoms with Crippen molar-refractivity contribution < 1.29 is 9.47 Å². The molecule has 1 saturated heterocycles. The summed E-state index contributed by atoms with van der Waals surface area (Å²) < 4.78 is 11.7. The Bertz CT molecular complexity index is 171. The fourth-order valence-electron chi connectivity index (χ4n) is 2.81. The van der Waals surface area contributed by atoms with Gasteiger partial charge in [0.2, 0.25) is 0 Å². The Morgan fingerprint density at radius 2 is 1.85 bits per heavy atom. The highest BCUT2D eigenvalue weighted by molar-refractivity contribution is 4.88. The molecule has 0 aromatic carbocycles. The van der Waals surface area contributed by atoms with E-state index in [4.69, 9.17) is 9.47 Å². The van der Waals surface area contributed by atoms with Crippen molar-refractivity contribution in [1.29, 1.82) is 0 Å². The van der Waals surface area contributed by atoms with E-state index >= 15 is 0 Å². The molecular weight excluding hydrogens is 164 g/mol. The standard InChI is InChI=1S/C11H20O2/c1-9(2)10-5-3-4-6-11(10)12-7-8-13-11/h9-10H,3-8H2,1-2H3. The van der Waals surface area contributed by atoms with Crippen molar-refractivity contribution in [3.05, 3.63) is 0 Å². The van der Waals surface area contributed by atoms with Crippen molar-refractivity contribution in [3.8, 4) is 0 Å². The van der Waals surface area contributed by atoms with E-state index in [1.165, 1.54) is 19.3 Å². The van der Waals surface area contributed by atoms with Crippen LogP contribution in [0.15, 0.2) is 0 Å². The van der Waals surface area contributed by atoms with Gasteiger partial charge in [-0.25, -0.2) is 0 Å². The summed E-state index contributed by atoms with van der Waals surface area (Å²) in [5, 5.41) is 0. The van der Waals surface area contributed by atoms with Crippen LogP contribution in [0, 0.1) is 11.8 Å². The van der Waals surface area contributed by atoms with Gasteiger partial charge in [-0.1, -0.05) is 20.3 Å². The van der Waals surface area contributed by atoms with Gasteiger partial charge in [0.15, 0.2) is 5.79 Å². The lowest BCUT2D eigenvalue weighted by atomic mass is 9.77. The van der Waals surface area contributed by atoms with Gasteiger partial charge >= 0.3 is 0 Å². The molecule has 2 heteroatoms. The lowest BCUT2D eigenvalue weighted by Gasteiger charge is -2.41. The molecule has 0 bridgehead atoms. The first-order chi connectivity index (χ1) is 6.25. The third kappa shape index (κ3) is 1.62. The molecule has 0 aromatic rings. The van der Waals surface area contributed by atoms with Crippen LogP contribution in [0.1, 0.15) is 39.5 Å². The fraction of sp³-hybridized carbons (Fsp3) is 1.00. The summed E-state index contributed by atoms with van der Waals surface area (Å²) >= 11 is 0. The molecule has 0 aromatic heterocycles. The highest BCUT2D eigenvalue weighted by atomic mass is 16.7. The summed E-state index contributed by atoms with van der Waals surface area (Å²) in [6, 6.07) is 0. The predicted molar refractivity (Wildman–Crippen MR) is 51.4 cm³/mol. The second-order valence-electron chi connectivity index (χ2n) is 4.61. The first-order valence-electron chi connectivity index (χ1n) is 5.52. The second-order valence-corrected chi connectivity index (χ2v) is 4.61. The molecular formula is C11H20O2. The molecule has 2 aliphatic rings. The summed E-state index contributed by atoms with van der Waals surface area (Å²) in [7, 11) is 0. The molecule has 2 nitrogen and oxygen atoms in total. The molecule has 13 heavy (non-hydrogen) atoms. The number of rotatable bonds is 1. The molecule has 0 amide bonds. The van der Waals surface area contributed by atoms with Crippen LogP contribution < -0.4 is 0 Å². The molecule has 0 N–H and O–H groups in total.